The van der Waals surface area contributed by atoms with Crippen molar-refractivity contribution in [1.29, 1.82) is 0 Å². The predicted octanol–water partition coefficient (Wildman–Crippen LogP) is 2.13. The number of aryl methyl sites for hydroxylation is 1. The fourth-order valence-corrected chi connectivity index (χ4v) is 2.67. The minimum atomic E-state index is 0.199. The first-order chi connectivity index (χ1) is 8.76. The number of likely N-dealkylation sites (N-methyl/N-ethyl adjacent to an activating group) is 1. The van der Waals surface area contributed by atoms with Crippen molar-refractivity contribution in [1.82, 2.24) is 10.2 Å². The van der Waals surface area contributed by atoms with Crippen LogP contribution in [0.3, 0.4) is 0 Å². The summed E-state index contributed by atoms with van der Waals surface area (Å²) in [5, 5.41) is 3.40. The normalized spacial score (nSPS) is 17.6. The van der Waals surface area contributed by atoms with E-state index in [2.05, 4.69) is 29.6 Å². The van der Waals surface area contributed by atoms with Gasteiger partial charge in [-0.05, 0) is 37.8 Å². The Morgan fingerprint density at radius 2 is 2.06 bits per heavy atom. The van der Waals surface area contributed by atoms with E-state index in [9.17, 15) is 4.79 Å². The molecule has 0 aromatic heterocycles. The Balaban J connectivity index is 1.91. The van der Waals surface area contributed by atoms with Crippen LogP contribution in [0.5, 0.6) is 0 Å². The molecule has 1 amide bonds. The summed E-state index contributed by atoms with van der Waals surface area (Å²) in [6, 6.07) is 8.86. The second-order valence-electron chi connectivity index (χ2n) is 4.74. The number of amides is 1. The first-order valence-electron chi connectivity index (χ1n) is 6.85. The van der Waals surface area contributed by atoms with Crippen LogP contribution in [-0.2, 0) is 11.2 Å². The van der Waals surface area contributed by atoms with E-state index in [4.69, 9.17) is 0 Å². The molecule has 0 bridgehead atoms. The first-order valence-corrected chi connectivity index (χ1v) is 6.85. The summed E-state index contributed by atoms with van der Waals surface area (Å²) in [7, 11) is 0. The molecule has 0 saturated heterocycles. The maximum Gasteiger partial charge on any atom is 0.236 e. The van der Waals surface area contributed by atoms with Gasteiger partial charge in [0, 0.05) is 19.1 Å². The summed E-state index contributed by atoms with van der Waals surface area (Å²) >= 11 is 0. The smallest absolute Gasteiger partial charge is 0.236 e. The molecule has 0 radical (unpaired) electrons. The third kappa shape index (κ3) is 2.72. The monoisotopic (exact) mass is 246 g/mol. The van der Waals surface area contributed by atoms with Crippen LogP contribution < -0.4 is 5.32 Å². The van der Waals surface area contributed by atoms with Gasteiger partial charge in [-0.3, -0.25) is 4.79 Å². The summed E-state index contributed by atoms with van der Waals surface area (Å²) < 4.78 is 0. The molecule has 1 aliphatic carbocycles. The van der Waals surface area contributed by atoms with E-state index in [0.29, 0.717) is 12.6 Å². The molecule has 3 nitrogen and oxygen atoms in total. The van der Waals surface area contributed by atoms with Gasteiger partial charge in [0.15, 0.2) is 0 Å². The molecule has 1 aromatic carbocycles. The highest BCUT2D eigenvalue weighted by molar-refractivity contribution is 5.78. The van der Waals surface area contributed by atoms with E-state index < -0.39 is 0 Å². The SMILES string of the molecule is CCN(CC)C(=O)CNC1CCc2ccccc21. The van der Waals surface area contributed by atoms with E-state index >= 15 is 0 Å². The minimum absolute atomic E-state index is 0.199. The number of fused-ring (bicyclic) bond motifs is 1. The van der Waals surface area contributed by atoms with Crippen molar-refractivity contribution in [2.45, 2.75) is 32.7 Å². The fourth-order valence-electron chi connectivity index (χ4n) is 2.67. The Morgan fingerprint density at radius 1 is 1.33 bits per heavy atom. The highest BCUT2D eigenvalue weighted by Gasteiger charge is 2.22. The third-order valence-corrected chi connectivity index (χ3v) is 3.75. The lowest BCUT2D eigenvalue weighted by atomic mass is 10.1. The van der Waals surface area contributed by atoms with Gasteiger partial charge in [0.05, 0.1) is 6.54 Å². The van der Waals surface area contributed by atoms with Gasteiger partial charge in [-0.15, -0.1) is 0 Å². The Morgan fingerprint density at radius 3 is 2.78 bits per heavy atom. The zero-order valence-corrected chi connectivity index (χ0v) is 11.3. The average Bonchev–Trinajstić information content (AvgIpc) is 2.81. The third-order valence-electron chi connectivity index (χ3n) is 3.75. The van der Waals surface area contributed by atoms with Crippen molar-refractivity contribution in [3.05, 3.63) is 35.4 Å². The van der Waals surface area contributed by atoms with Crippen molar-refractivity contribution < 1.29 is 4.79 Å². The summed E-state index contributed by atoms with van der Waals surface area (Å²) in [6.45, 7) is 6.07. The molecule has 0 saturated carbocycles. The molecule has 18 heavy (non-hydrogen) atoms. The molecule has 1 atom stereocenters. The number of nitrogens with one attached hydrogen (secondary N) is 1. The van der Waals surface area contributed by atoms with Crippen LogP contribution in [0.4, 0.5) is 0 Å². The number of carbonyl (C=O) groups is 1. The van der Waals surface area contributed by atoms with Crippen molar-refractivity contribution in [2.24, 2.45) is 0 Å². The van der Waals surface area contributed by atoms with Crippen molar-refractivity contribution >= 4 is 5.91 Å². The summed E-state index contributed by atoms with van der Waals surface area (Å²) in [6.07, 6.45) is 2.22. The molecule has 1 N–H and O–H groups in total. The van der Waals surface area contributed by atoms with Crippen LogP contribution >= 0.6 is 0 Å². The van der Waals surface area contributed by atoms with Gasteiger partial charge in [0.25, 0.3) is 0 Å². The van der Waals surface area contributed by atoms with Gasteiger partial charge in [0.2, 0.25) is 5.91 Å². The number of nitrogens with zero attached hydrogens (tertiary/aromatic N) is 1. The van der Waals surface area contributed by atoms with Crippen molar-refractivity contribution in [3.63, 3.8) is 0 Å². The highest BCUT2D eigenvalue weighted by atomic mass is 16.2. The second kappa shape index (κ2) is 6.01. The number of hydrogen-bond acceptors (Lipinski definition) is 2. The van der Waals surface area contributed by atoms with Crippen molar-refractivity contribution in [2.75, 3.05) is 19.6 Å². The van der Waals surface area contributed by atoms with E-state index in [-0.39, 0.29) is 5.91 Å². The lowest BCUT2D eigenvalue weighted by Crippen LogP contribution is -2.38. The maximum atomic E-state index is 11.9. The van der Waals surface area contributed by atoms with Crippen LogP contribution in [-0.4, -0.2) is 30.4 Å². The van der Waals surface area contributed by atoms with Gasteiger partial charge in [-0.1, -0.05) is 24.3 Å². The van der Waals surface area contributed by atoms with Gasteiger partial charge in [-0.25, -0.2) is 0 Å². The van der Waals surface area contributed by atoms with Crippen LogP contribution in [0, 0.1) is 0 Å². The molecule has 0 spiro atoms. The molecular weight excluding hydrogens is 224 g/mol. The topological polar surface area (TPSA) is 32.3 Å². The molecule has 0 fully saturated rings. The lowest BCUT2D eigenvalue weighted by Gasteiger charge is -2.21. The standard InChI is InChI=1S/C15H22N2O/c1-3-17(4-2)15(18)11-16-14-10-9-12-7-5-6-8-13(12)14/h5-8,14,16H,3-4,9-11H2,1-2H3. The molecule has 3 heteroatoms. The van der Waals surface area contributed by atoms with E-state index in [1.54, 1.807) is 0 Å². The van der Waals surface area contributed by atoms with E-state index in [1.807, 2.05) is 18.7 Å². The average molecular weight is 246 g/mol. The van der Waals surface area contributed by atoms with Gasteiger partial charge >= 0.3 is 0 Å². The second-order valence-corrected chi connectivity index (χ2v) is 4.74. The largest absolute Gasteiger partial charge is 0.342 e. The summed E-state index contributed by atoms with van der Waals surface area (Å²) in [4.78, 5) is 13.8. The van der Waals surface area contributed by atoms with Crippen LogP contribution in [0.1, 0.15) is 37.4 Å². The number of carbonyl (C=O) groups excluding carboxylic acids is 1. The summed E-state index contributed by atoms with van der Waals surface area (Å²) in [5.74, 6) is 0.199. The molecule has 1 unspecified atom stereocenters. The van der Waals surface area contributed by atoms with E-state index in [1.165, 1.54) is 11.1 Å². The van der Waals surface area contributed by atoms with Crippen LogP contribution in [0.2, 0.25) is 0 Å². The van der Waals surface area contributed by atoms with Crippen LogP contribution in [0.15, 0.2) is 24.3 Å². The minimum Gasteiger partial charge on any atom is -0.342 e. The highest BCUT2D eigenvalue weighted by Crippen LogP contribution is 2.30. The Labute approximate surface area is 109 Å². The van der Waals surface area contributed by atoms with Gasteiger partial charge < -0.3 is 10.2 Å². The number of hydrogen-bond donors (Lipinski definition) is 1. The summed E-state index contributed by atoms with van der Waals surface area (Å²) in [5.41, 5.74) is 2.79. The number of benzene rings is 1. The molecular formula is C15H22N2O. The fraction of sp³-hybridized carbons (Fsp3) is 0.533. The Kier molecular flexibility index (Phi) is 4.37. The molecule has 98 valence electrons. The zero-order valence-electron chi connectivity index (χ0n) is 11.3. The van der Waals surface area contributed by atoms with Crippen LogP contribution in [0.25, 0.3) is 0 Å². The molecule has 2 rings (SSSR count). The molecule has 1 aliphatic rings. The molecule has 0 aliphatic heterocycles. The quantitative estimate of drug-likeness (QED) is 0.863. The lowest BCUT2D eigenvalue weighted by molar-refractivity contribution is -0.130. The Bertz CT molecular complexity index is 413. The molecule has 0 heterocycles. The predicted molar refractivity (Wildman–Crippen MR) is 73.4 cm³/mol. The van der Waals surface area contributed by atoms with Gasteiger partial charge in [0.1, 0.15) is 0 Å². The maximum absolute atomic E-state index is 11.9. The first kappa shape index (κ1) is 13.1. The van der Waals surface area contributed by atoms with Crippen molar-refractivity contribution in [3.8, 4) is 0 Å². The van der Waals surface area contributed by atoms with Gasteiger partial charge in [-0.2, -0.15) is 0 Å². The Hall–Kier alpha value is -1.35. The zero-order chi connectivity index (χ0) is 13.0. The molecule has 1 aromatic rings. The van der Waals surface area contributed by atoms with E-state index in [0.717, 1.165) is 25.9 Å². The number of rotatable bonds is 5.